The van der Waals surface area contributed by atoms with Gasteiger partial charge in [0.15, 0.2) is 0 Å². The molecule has 1 aliphatic rings. The van der Waals surface area contributed by atoms with Gasteiger partial charge in [-0.1, -0.05) is 71.8 Å². The molecule has 4 rings (SSSR count). The largest absolute Gasteiger partial charge is 0.337 e. The molecule has 0 saturated carbocycles. The minimum atomic E-state index is -3.90. The van der Waals surface area contributed by atoms with Gasteiger partial charge in [-0.15, -0.1) is 0 Å². The average molecular weight is 477 g/mol. The molecule has 0 N–H and O–H groups in total. The molecule has 0 saturated heterocycles. The Kier molecular flexibility index (Phi) is 6.91. The van der Waals surface area contributed by atoms with Gasteiger partial charge < -0.3 is 4.90 Å². The van der Waals surface area contributed by atoms with Gasteiger partial charge in [0, 0.05) is 19.6 Å². The molecule has 0 atom stereocenters. The number of hydrogen-bond acceptors (Lipinski definition) is 3. The quantitative estimate of drug-likeness (QED) is 0.518. The topological polar surface area (TPSA) is 57.7 Å². The van der Waals surface area contributed by atoms with E-state index in [1.807, 2.05) is 82.3 Å². The molecule has 3 aromatic carbocycles. The summed E-state index contributed by atoms with van der Waals surface area (Å²) in [5.74, 6) is -0.174. The summed E-state index contributed by atoms with van der Waals surface area (Å²) in [5, 5.41) is 0. The van der Waals surface area contributed by atoms with Crippen LogP contribution in [-0.2, 0) is 34.3 Å². The standard InChI is InChI=1S/C28H32N2O3S/c1-20-9-11-24(12-10-20)17-30(34(32,33)28-22(3)15-21(2)16-23(28)4)19-27(31)29-14-13-25-7-5-6-8-26(25)18-29/h5-12,15-16H,13-14,17-19H2,1-4H3. The van der Waals surface area contributed by atoms with Crippen molar-refractivity contribution in [3.8, 4) is 0 Å². The Morgan fingerprint density at radius 1 is 0.882 bits per heavy atom. The molecule has 3 aromatic rings. The molecule has 5 nitrogen and oxygen atoms in total. The van der Waals surface area contributed by atoms with E-state index >= 15 is 0 Å². The molecule has 0 aliphatic carbocycles. The van der Waals surface area contributed by atoms with Gasteiger partial charge in [-0.2, -0.15) is 4.31 Å². The third kappa shape index (κ3) is 5.08. The van der Waals surface area contributed by atoms with Gasteiger partial charge in [-0.3, -0.25) is 4.79 Å². The zero-order valence-electron chi connectivity index (χ0n) is 20.3. The van der Waals surface area contributed by atoms with Gasteiger partial charge >= 0.3 is 0 Å². The maximum atomic E-state index is 13.9. The van der Waals surface area contributed by atoms with Crippen LogP contribution in [0.2, 0.25) is 0 Å². The Labute approximate surface area is 203 Å². The summed E-state index contributed by atoms with van der Waals surface area (Å²) in [6.45, 7) is 8.65. The lowest BCUT2D eigenvalue weighted by atomic mass is 10.00. The summed E-state index contributed by atoms with van der Waals surface area (Å²) in [7, 11) is -3.90. The summed E-state index contributed by atoms with van der Waals surface area (Å²) < 4.78 is 29.2. The van der Waals surface area contributed by atoms with Gasteiger partial charge in [-0.05, 0) is 61.9 Å². The van der Waals surface area contributed by atoms with Crippen LogP contribution in [0.3, 0.4) is 0 Å². The molecule has 1 amide bonds. The fraction of sp³-hybridized carbons (Fsp3) is 0.321. The Morgan fingerprint density at radius 2 is 1.50 bits per heavy atom. The van der Waals surface area contributed by atoms with Crippen molar-refractivity contribution >= 4 is 15.9 Å². The number of sulfonamides is 1. The number of carbonyl (C=O) groups is 1. The Bertz CT molecular complexity index is 1290. The van der Waals surface area contributed by atoms with Crippen molar-refractivity contribution in [2.45, 2.75) is 52.1 Å². The zero-order valence-corrected chi connectivity index (χ0v) is 21.2. The van der Waals surface area contributed by atoms with Gasteiger partial charge in [0.25, 0.3) is 0 Å². The number of rotatable bonds is 6. The maximum Gasteiger partial charge on any atom is 0.244 e. The highest BCUT2D eigenvalue weighted by molar-refractivity contribution is 7.89. The normalized spacial score (nSPS) is 13.7. The van der Waals surface area contributed by atoms with Crippen LogP contribution in [0.15, 0.2) is 65.6 Å². The molecule has 6 heteroatoms. The van der Waals surface area contributed by atoms with E-state index in [0.717, 1.165) is 28.7 Å². The lowest BCUT2D eigenvalue weighted by Gasteiger charge is -2.31. The average Bonchev–Trinajstić information content (AvgIpc) is 2.78. The monoisotopic (exact) mass is 476 g/mol. The van der Waals surface area contributed by atoms with E-state index in [9.17, 15) is 13.2 Å². The van der Waals surface area contributed by atoms with E-state index in [1.165, 1.54) is 9.87 Å². The first kappa shape index (κ1) is 24.2. The summed E-state index contributed by atoms with van der Waals surface area (Å²) >= 11 is 0. The minimum absolute atomic E-state index is 0.144. The highest BCUT2D eigenvalue weighted by atomic mass is 32.2. The lowest BCUT2D eigenvalue weighted by Crippen LogP contribution is -2.44. The van der Waals surface area contributed by atoms with E-state index in [-0.39, 0.29) is 19.0 Å². The minimum Gasteiger partial charge on any atom is -0.337 e. The van der Waals surface area contributed by atoms with Crippen molar-refractivity contribution in [3.05, 3.63) is 99.6 Å². The molecule has 0 spiro atoms. The van der Waals surface area contributed by atoms with Crippen molar-refractivity contribution in [1.29, 1.82) is 0 Å². The Morgan fingerprint density at radius 3 is 2.15 bits per heavy atom. The summed E-state index contributed by atoms with van der Waals surface area (Å²) in [5.41, 5.74) is 6.75. The van der Waals surface area contributed by atoms with Crippen LogP contribution in [-0.4, -0.2) is 36.6 Å². The van der Waals surface area contributed by atoms with E-state index in [4.69, 9.17) is 0 Å². The van der Waals surface area contributed by atoms with E-state index < -0.39 is 10.0 Å². The van der Waals surface area contributed by atoms with Crippen LogP contribution >= 0.6 is 0 Å². The van der Waals surface area contributed by atoms with Gasteiger partial charge in [0.05, 0.1) is 11.4 Å². The summed E-state index contributed by atoms with van der Waals surface area (Å²) in [6, 6.07) is 19.7. The van der Waals surface area contributed by atoms with Crippen molar-refractivity contribution in [3.63, 3.8) is 0 Å². The molecular formula is C28H32N2O3S. The number of benzene rings is 3. The molecule has 0 fully saturated rings. The van der Waals surface area contributed by atoms with Crippen LogP contribution in [0, 0.1) is 27.7 Å². The Hall–Kier alpha value is -2.96. The molecule has 178 valence electrons. The van der Waals surface area contributed by atoms with Crippen molar-refractivity contribution in [2.24, 2.45) is 0 Å². The summed E-state index contributed by atoms with van der Waals surface area (Å²) in [4.78, 5) is 15.5. The first-order valence-electron chi connectivity index (χ1n) is 11.6. The Balaban J connectivity index is 1.66. The number of amides is 1. The van der Waals surface area contributed by atoms with Crippen molar-refractivity contribution in [2.75, 3.05) is 13.1 Å². The number of nitrogens with zero attached hydrogens (tertiary/aromatic N) is 2. The second-order valence-electron chi connectivity index (χ2n) is 9.32. The molecule has 0 aromatic heterocycles. The second-order valence-corrected chi connectivity index (χ2v) is 11.2. The molecule has 1 heterocycles. The number of fused-ring (bicyclic) bond motifs is 1. The number of aryl methyl sites for hydroxylation is 4. The maximum absolute atomic E-state index is 13.9. The van der Waals surface area contributed by atoms with E-state index in [2.05, 4.69) is 6.07 Å². The highest BCUT2D eigenvalue weighted by Gasteiger charge is 2.32. The van der Waals surface area contributed by atoms with Gasteiger partial charge in [0.2, 0.25) is 15.9 Å². The fourth-order valence-corrected chi connectivity index (χ4v) is 6.57. The molecular weight excluding hydrogens is 444 g/mol. The first-order valence-corrected chi connectivity index (χ1v) is 13.1. The number of hydrogen-bond donors (Lipinski definition) is 0. The predicted molar refractivity (Wildman–Crippen MR) is 135 cm³/mol. The lowest BCUT2D eigenvalue weighted by molar-refractivity contribution is -0.132. The highest BCUT2D eigenvalue weighted by Crippen LogP contribution is 2.27. The van der Waals surface area contributed by atoms with Gasteiger partial charge in [-0.25, -0.2) is 8.42 Å². The van der Waals surface area contributed by atoms with Crippen LogP contribution in [0.5, 0.6) is 0 Å². The predicted octanol–water partition coefficient (Wildman–Crippen LogP) is 4.70. The van der Waals surface area contributed by atoms with Crippen LogP contribution in [0.25, 0.3) is 0 Å². The molecule has 0 radical (unpaired) electrons. The molecule has 0 bridgehead atoms. The first-order chi connectivity index (χ1) is 16.1. The van der Waals surface area contributed by atoms with Gasteiger partial charge in [0.1, 0.15) is 0 Å². The van der Waals surface area contributed by atoms with Crippen LogP contribution in [0.1, 0.15) is 38.9 Å². The third-order valence-electron chi connectivity index (χ3n) is 6.48. The van der Waals surface area contributed by atoms with Crippen molar-refractivity contribution < 1.29 is 13.2 Å². The molecule has 34 heavy (non-hydrogen) atoms. The smallest absolute Gasteiger partial charge is 0.244 e. The van der Waals surface area contributed by atoms with E-state index in [0.29, 0.717) is 29.1 Å². The van der Waals surface area contributed by atoms with E-state index in [1.54, 1.807) is 4.90 Å². The third-order valence-corrected chi connectivity index (χ3v) is 8.57. The SMILES string of the molecule is Cc1ccc(CN(CC(=O)N2CCc3ccccc3C2)S(=O)(=O)c2c(C)cc(C)cc2C)cc1. The second kappa shape index (κ2) is 9.72. The summed E-state index contributed by atoms with van der Waals surface area (Å²) in [6.07, 6.45) is 0.781. The van der Waals surface area contributed by atoms with Crippen LogP contribution in [0.4, 0.5) is 0 Å². The molecule has 0 unspecified atom stereocenters. The zero-order chi connectivity index (χ0) is 24.5. The molecule has 1 aliphatic heterocycles. The fourth-order valence-electron chi connectivity index (χ4n) is 4.79. The number of carbonyl (C=O) groups excluding carboxylic acids is 1. The van der Waals surface area contributed by atoms with Crippen molar-refractivity contribution in [1.82, 2.24) is 9.21 Å². The van der Waals surface area contributed by atoms with Crippen LogP contribution < -0.4 is 0 Å².